The highest BCUT2D eigenvalue weighted by atomic mass is 35.5. The number of esters is 1. The molecule has 3 N–H and O–H groups in total. The second kappa shape index (κ2) is 4.24. The van der Waals surface area contributed by atoms with E-state index in [4.69, 9.17) is 16.3 Å². The standard InChI is InChI=1S/C20H23ClO6/c1-16-11(22)3-5-20(27-15(16)25)9-2-4-19(26)8-17(9,7-18(19)6-10(18)21)12(13(16)20)14(23)24/h3,5,9-13,22,26H,2,4,6-8H2,1H3,(H,23,24)/t9-,10?,11+,12-,13-,16-,17+,18+,19+,20-/m1/s1. The molecule has 5 aliphatic carbocycles. The number of alkyl halides is 1. The molecule has 2 spiro atoms. The van der Waals surface area contributed by atoms with Crippen LogP contribution in [0.15, 0.2) is 12.2 Å². The Balaban J connectivity index is 1.60. The van der Waals surface area contributed by atoms with E-state index < -0.39 is 57.3 Å². The highest BCUT2D eigenvalue weighted by molar-refractivity contribution is 6.23. The fourth-order valence-corrected chi connectivity index (χ4v) is 8.93. The van der Waals surface area contributed by atoms with Gasteiger partial charge in [0.1, 0.15) is 11.0 Å². The molecule has 27 heavy (non-hydrogen) atoms. The van der Waals surface area contributed by atoms with Crippen molar-refractivity contribution < 1.29 is 29.6 Å². The smallest absolute Gasteiger partial charge is 0.316 e. The van der Waals surface area contributed by atoms with Gasteiger partial charge in [0.15, 0.2) is 0 Å². The third-order valence-corrected chi connectivity index (χ3v) is 10.0. The first-order valence-electron chi connectivity index (χ1n) is 9.78. The quantitative estimate of drug-likeness (QED) is 0.353. The fourth-order valence-electron chi connectivity index (χ4n) is 8.37. The number of carboxylic acid groups (broad SMARTS) is 1. The van der Waals surface area contributed by atoms with E-state index in [-0.39, 0.29) is 11.3 Å². The summed E-state index contributed by atoms with van der Waals surface area (Å²) in [6.07, 6.45) is 5.10. The molecule has 1 unspecified atom stereocenters. The molecule has 7 heteroatoms. The zero-order valence-corrected chi connectivity index (χ0v) is 15.8. The maximum Gasteiger partial charge on any atom is 0.316 e. The van der Waals surface area contributed by atoms with Gasteiger partial charge in [-0.2, -0.15) is 0 Å². The maximum absolute atomic E-state index is 12.8. The summed E-state index contributed by atoms with van der Waals surface area (Å²) in [6.45, 7) is 1.64. The molecule has 0 radical (unpaired) electrons. The van der Waals surface area contributed by atoms with Crippen LogP contribution in [-0.2, 0) is 14.3 Å². The van der Waals surface area contributed by atoms with Gasteiger partial charge in [0.05, 0.1) is 17.6 Å². The summed E-state index contributed by atoms with van der Waals surface area (Å²) in [5.41, 5.74) is -4.31. The zero-order valence-electron chi connectivity index (χ0n) is 15.0. The Bertz CT molecular complexity index is 842. The monoisotopic (exact) mass is 394 g/mol. The number of carboxylic acids is 1. The molecule has 1 saturated heterocycles. The van der Waals surface area contributed by atoms with Crippen molar-refractivity contribution in [2.24, 2.45) is 34.0 Å². The Hall–Kier alpha value is -1.11. The van der Waals surface area contributed by atoms with Gasteiger partial charge in [-0.25, -0.2) is 0 Å². The summed E-state index contributed by atoms with van der Waals surface area (Å²) in [6, 6.07) is 0. The van der Waals surface area contributed by atoms with Crippen molar-refractivity contribution in [1.29, 1.82) is 0 Å². The van der Waals surface area contributed by atoms with Crippen molar-refractivity contribution in [2.45, 2.75) is 61.7 Å². The molecule has 1 aliphatic heterocycles. The van der Waals surface area contributed by atoms with Crippen molar-refractivity contribution in [2.75, 3.05) is 0 Å². The van der Waals surface area contributed by atoms with Crippen molar-refractivity contribution in [3.8, 4) is 0 Å². The number of fused-ring (bicyclic) bond motifs is 2. The predicted octanol–water partition coefficient (Wildman–Crippen LogP) is 1.47. The van der Waals surface area contributed by atoms with Crippen LogP contribution in [-0.4, -0.2) is 49.9 Å². The first-order valence-corrected chi connectivity index (χ1v) is 10.2. The van der Waals surface area contributed by atoms with Crippen molar-refractivity contribution in [1.82, 2.24) is 0 Å². The molecule has 0 aromatic heterocycles. The summed E-state index contributed by atoms with van der Waals surface area (Å²) >= 11 is 6.48. The third kappa shape index (κ3) is 1.42. The van der Waals surface area contributed by atoms with Gasteiger partial charge in [0.2, 0.25) is 0 Å². The van der Waals surface area contributed by atoms with E-state index in [1.54, 1.807) is 19.1 Å². The van der Waals surface area contributed by atoms with E-state index >= 15 is 0 Å². The van der Waals surface area contributed by atoms with Crippen LogP contribution in [0.4, 0.5) is 0 Å². The van der Waals surface area contributed by atoms with Gasteiger partial charge >= 0.3 is 11.9 Å². The van der Waals surface area contributed by atoms with Crippen molar-refractivity contribution >= 4 is 23.5 Å². The molecule has 0 amide bonds. The minimum Gasteiger partial charge on any atom is -0.481 e. The van der Waals surface area contributed by atoms with Gasteiger partial charge in [-0.05, 0) is 50.5 Å². The van der Waals surface area contributed by atoms with E-state index in [1.807, 2.05) is 0 Å². The van der Waals surface area contributed by atoms with Gasteiger partial charge in [-0.1, -0.05) is 6.08 Å². The van der Waals surface area contributed by atoms with Gasteiger partial charge < -0.3 is 20.1 Å². The second-order valence-corrected chi connectivity index (χ2v) is 10.7. The number of carbonyl (C=O) groups is 2. The van der Waals surface area contributed by atoms with Crippen LogP contribution < -0.4 is 0 Å². The van der Waals surface area contributed by atoms with E-state index in [9.17, 15) is 24.9 Å². The Morgan fingerprint density at radius 3 is 2.70 bits per heavy atom. The number of hydrogen-bond acceptors (Lipinski definition) is 5. The Kier molecular flexibility index (Phi) is 2.64. The molecule has 1 heterocycles. The number of halogens is 1. The lowest BCUT2D eigenvalue weighted by atomic mass is 9.61. The minimum absolute atomic E-state index is 0.133. The number of aliphatic hydroxyl groups excluding tert-OH is 1. The van der Waals surface area contributed by atoms with Crippen LogP contribution in [0.2, 0.25) is 0 Å². The lowest BCUT2D eigenvalue weighted by molar-refractivity contribution is -0.163. The van der Waals surface area contributed by atoms with Crippen LogP contribution >= 0.6 is 11.6 Å². The van der Waals surface area contributed by atoms with Gasteiger partial charge in [-0.15, -0.1) is 11.6 Å². The first-order chi connectivity index (χ1) is 12.6. The fraction of sp³-hybridized carbons (Fsp3) is 0.800. The maximum atomic E-state index is 12.8. The Labute approximate surface area is 161 Å². The molecule has 0 aromatic rings. The van der Waals surface area contributed by atoms with Gasteiger partial charge in [0, 0.05) is 22.6 Å². The zero-order chi connectivity index (χ0) is 19.2. The van der Waals surface area contributed by atoms with Crippen LogP contribution in [0.5, 0.6) is 0 Å². The number of rotatable bonds is 1. The Morgan fingerprint density at radius 1 is 1.37 bits per heavy atom. The molecular weight excluding hydrogens is 372 g/mol. The highest BCUT2D eigenvalue weighted by Gasteiger charge is 2.87. The molecule has 10 atom stereocenters. The number of hydrogen-bond donors (Lipinski definition) is 3. The van der Waals surface area contributed by atoms with Crippen LogP contribution in [0.3, 0.4) is 0 Å². The van der Waals surface area contributed by atoms with Crippen molar-refractivity contribution in [3.05, 3.63) is 12.2 Å². The normalized spacial score (nSPS) is 64.4. The van der Waals surface area contributed by atoms with Crippen LogP contribution in [0.1, 0.15) is 39.0 Å². The number of carbonyl (C=O) groups excluding carboxylic acids is 1. The molecular formula is C20H23ClO6. The summed E-state index contributed by atoms with van der Waals surface area (Å²) in [5, 5.41) is 32.2. The van der Waals surface area contributed by atoms with Crippen LogP contribution in [0.25, 0.3) is 0 Å². The van der Waals surface area contributed by atoms with Gasteiger partial charge in [0.25, 0.3) is 0 Å². The average molecular weight is 395 g/mol. The molecule has 5 fully saturated rings. The summed E-state index contributed by atoms with van der Waals surface area (Å²) in [5.74, 6) is -3.14. The molecule has 0 aromatic carbocycles. The molecule has 4 saturated carbocycles. The molecule has 6 rings (SSSR count). The highest BCUT2D eigenvalue weighted by Crippen LogP contribution is 2.83. The van der Waals surface area contributed by atoms with Crippen LogP contribution in [0, 0.1) is 34.0 Å². The summed E-state index contributed by atoms with van der Waals surface area (Å²) < 4.78 is 5.95. The number of ether oxygens (including phenoxy) is 1. The van der Waals surface area contributed by atoms with Crippen molar-refractivity contribution in [3.63, 3.8) is 0 Å². The topological polar surface area (TPSA) is 104 Å². The average Bonchev–Trinajstić information content (AvgIpc) is 3.03. The first kappa shape index (κ1) is 16.8. The molecule has 4 bridgehead atoms. The Morgan fingerprint density at radius 2 is 2.07 bits per heavy atom. The number of aliphatic carboxylic acids is 1. The minimum atomic E-state index is -1.28. The largest absolute Gasteiger partial charge is 0.481 e. The molecule has 146 valence electrons. The summed E-state index contributed by atoms with van der Waals surface area (Å²) in [4.78, 5) is 25.4. The van der Waals surface area contributed by atoms with Gasteiger partial charge in [-0.3, -0.25) is 9.59 Å². The lowest BCUT2D eigenvalue weighted by Gasteiger charge is -2.44. The number of aliphatic hydroxyl groups is 2. The van der Waals surface area contributed by atoms with E-state index in [0.717, 1.165) is 0 Å². The van der Waals surface area contributed by atoms with E-state index in [2.05, 4.69) is 0 Å². The third-order valence-electron chi connectivity index (χ3n) is 9.47. The summed E-state index contributed by atoms with van der Waals surface area (Å²) in [7, 11) is 0. The predicted molar refractivity (Wildman–Crippen MR) is 92.7 cm³/mol. The van der Waals surface area contributed by atoms with E-state index in [0.29, 0.717) is 32.1 Å². The van der Waals surface area contributed by atoms with E-state index in [1.165, 1.54) is 0 Å². The molecule has 6 aliphatic rings. The SMILES string of the molecule is C[C@@]12C(=O)O[C@]3(C=C[C@@H]1O)[C@@H]1CC[C@]4(O)C[C@]1(C[C@]41CC1Cl)[C@@H](C(=O)O)[C@@H]32. The molecule has 6 nitrogen and oxygen atoms in total. The lowest BCUT2D eigenvalue weighted by Crippen LogP contribution is -2.50. The second-order valence-electron chi connectivity index (χ2n) is 10.2.